The largest absolute Gasteiger partial charge is 0.459 e. The molecule has 10 atom stereocenters. The van der Waals surface area contributed by atoms with Crippen LogP contribution in [-0.2, 0) is 9.53 Å². The van der Waals surface area contributed by atoms with Crippen LogP contribution in [0.1, 0.15) is 77.4 Å². The molecule has 0 spiro atoms. The maximum absolute atomic E-state index is 13.6. The summed E-state index contributed by atoms with van der Waals surface area (Å²) in [5, 5.41) is 60.6. The summed E-state index contributed by atoms with van der Waals surface area (Å²) in [4.78, 5) is 30.2. The van der Waals surface area contributed by atoms with Gasteiger partial charge in [-0.25, -0.2) is 0 Å². The van der Waals surface area contributed by atoms with Gasteiger partial charge in [0.25, 0.3) is 5.91 Å². The number of benzene rings is 2. The lowest BCUT2D eigenvalue weighted by Crippen LogP contribution is -2.59. The Hall–Kier alpha value is -3.07. The van der Waals surface area contributed by atoms with E-state index in [2.05, 4.69) is 5.32 Å². The highest BCUT2D eigenvalue weighted by atomic mass is 35.5. The molecule has 1 amide bonds. The number of amides is 1. The molecule has 1 aromatic heterocycles. The van der Waals surface area contributed by atoms with Crippen LogP contribution in [0.2, 0.25) is 5.02 Å². The first kappa shape index (κ1) is 42.1. The number of nitrogens with one attached hydrogen (secondary N) is 1. The van der Waals surface area contributed by atoms with E-state index < -0.39 is 59.5 Å². The third-order valence-electron chi connectivity index (χ3n) is 11.2. The van der Waals surface area contributed by atoms with E-state index in [1.165, 1.54) is 32.1 Å². The summed E-state index contributed by atoms with van der Waals surface area (Å²) in [5.41, 5.74) is -0.913. The Labute approximate surface area is 326 Å². The van der Waals surface area contributed by atoms with Crippen LogP contribution in [0.4, 0.5) is 0 Å². The number of carbonyl (C=O) groups is 2. The van der Waals surface area contributed by atoms with Gasteiger partial charge < -0.3 is 40.3 Å². The van der Waals surface area contributed by atoms with E-state index in [1.807, 2.05) is 54.3 Å². The molecular weight excluding hydrogens is 732 g/mol. The van der Waals surface area contributed by atoms with E-state index in [4.69, 9.17) is 21.1 Å². The van der Waals surface area contributed by atoms with Crippen LogP contribution in [-0.4, -0.2) is 104 Å². The summed E-state index contributed by atoms with van der Waals surface area (Å²) in [6.07, 6.45) is -4.30. The van der Waals surface area contributed by atoms with Gasteiger partial charge in [0.2, 0.25) is 0 Å². The van der Waals surface area contributed by atoms with Gasteiger partial charge in [-0.05, 0) is 83.2 Å². The fraction of sp³-hybridized carbons (Fsp3) is 0.561. The van der Waals surface area contributed by atoms with Crippen molar-refractivity contribution in [2.45, 2.75) is 109 Å². The molecule has 1 saturated heterocycles. The SMILES string of the molecule is CC[C@H]1OC(=O)[C@H](C)[C@@H](O)[C@H](C)[C@@H](O)[C@](C)(O)C[C@@H](C)CN(CCCNC(=O)c2cc3c(s2)-c2cc(Cl)ccc2Oc2ccccc2-3)[C@H](C)[C@@H](O)[C@]1(C)O. The Morgan fingerprint density at radius 2 is 1.67 bits per heavy atom. The van der Waals surface area contributed by atoms with E-state index in [9.17, 15) is 35.1 Å². The molecular formula is C41H55ClN2O9S. The molecule has 5 rings (SSSR count). The average molecular weight is 787 g/mol. The van der Waals surface area contributed by atoms with Crippen molar-refractivity contribution in [1.29, 1.82) is 0 Å². The van der Waals surface area contributed by atoms with Gasteiger partial charge in [-0.2, -0.15) is 0 Å². The monoisotopic (exact) mass is 786 g/mol. The van der Waals surface area contributed by atoms with Gasteiger partial charge in [0.15, 0.2) is 0 Å². The number of cyclic esters (lactones) is 1. The van der Waals surface area contributed by atoms with Gasteiger partial charge in [0.1, 0.15) is 29.3 Å². The number of aliphatic hydroxyl groups excluding tert-OH is 3. The fourth-order valence-corrected chi connectivity index (χ4v) is 9.26. The average Bonchev–Trinajstić information content (AvgIpc) is 3.53. The molecule has 0 aliphatic carbocycles. The van der Waals surface area contributed by atoms with Crippen molar-refractivity contribution >= 4 is 34.8 Å². The van der Waals surface area contributed by atoms with Crippen molar-refractivity contribution in [2.24, 2.45) is 17.8 Å². The second-order valence-electron chi connectivity index (χ2n) is 15.7. The molecule has 0 saturated carbocycles. The Morgan fingerprint density at radius 1 is 0.981 bits per heavy atom. The molecule has 3 aromatic rings. The van der Waals surface area contributed by atoms with Crippen LogP contribution in [0.3, 0.4) is 0 Å². The van der Waals surface area contributed by atoms with Gasteiger partial charge in [-0.15, -0.1) is 11.3 Å². The Balaban J connectivity index is 1.34. The third-order valence-corrected chi connectivity index (χ3v) is 12.6. The molecule has 2 aromatic carbocycles. The van der Waals surface area contributed by atoms with Gasteiger partial charge >= 0.3 is 5.97 Å². The molecule has 11 nitrogen and oxygen atoms in total. The molecule has 1 fully saturated rings. The Bertz CT molecular complexity index is 1800. The summed E-state index contributed by atoms with van der Waals surface area (Å²) in [6, 6.07) is 14.3. The van der Waals surface area contributed by atoms with Crippen molar-refractivity contribution in [2.75, 3.05) is 19.6 Å². The first-order valence-electron chi connectivity index (χ1n) is 18.8. The number of carbonyl (C=O) groups excluding carboxylic acids is 2. The smallest absolute Gasteiger partial charge is 0.311 e. The number of hydrogen-bond acceptors (Lipinski definition) is 11. The third kappa shape index (κ3) is 8.81. The number of thiophene rings is 1. The van der Waals surface area contributed by atoms with Crippen LogP contribution < -0.4 is 10.1 Å². The first-order chi connectivity index (χ1) is 25.4. The molecule has 6 N–H and O–H groups in total. The van der Waals surface area contributed by atoms with Crippen LogP contribution in [0.5, 0.6) is 11.5 Å². The van der Waals surface area contributed by atoms with Gasteiger partial charge in [0, 0.05) is 58.2 Å². The highest BCUT2D eigenvalue weighted by Crippen LogP contribution is 2.50. The minimum Gasteiger partial charge on any atom is -0.459 e. The molecule has 2 aliphatic heterocycles. The van der Waals surface area contributed by atoms with Crippen molar-refractivity contribution in [3.63, 3.8) is 0 Å². The summed E-state index contributed by atoms with van der Waals surface area (Å²) in [5.74, 6) is -1.83. The second kappa shape index (κ2) is 17.0. The minimum absolute atomic E-state index is 0.152. The number of esters is 1. The minimum atomic E-state index is -1.86. The van der Waals surface area contributed by atoms with E-state index in [-0.39, 0.29) is 24.7 Å². The predicted octanol–water partition coefficient (Wildman–Crippen LogP) is 5.87. The molecule has 0 bridgehead atoms. The highest BCUT2D eigenvalue weighted by Gasteiger charge is 2.47. The van der Waals surface area contributed by atoms with Crippen LogP contribution in [0.25, 0.3) is 21.6 Å². The Kier molecular flexibility index (Phi) is 13.2. The maximum Gasteiger partial charge on any atom is 0.311 e. The van der Waals surface area contributed by atoms with Crippen molar-refractivity contribution < 1.29 is 44.6 Å². The maximum atomic E-state index is 13.6. The summed E-state index contributed by atoms with van der Waals surface area (Å²) < 4.78 is 11.9. The normalized spacial score (nSPS) is 32.4. The van der Waals surface area contributed by atoms with E-state index in [0.29, 0.717) is 47.5 Å². The van der Waals surface area contributed by atoms with Gasteiger partial charge in [0.05, 0.1) is 28.6 Å². The standard InChI is InChI=1S/C41H55ClN2O9S/c1-8-33-41(7,51)37(47)25(5)44(21-22(2)20-40(6,50)36(46)23(3)34(45)24(4)39(49)53-33)17-11-16-43-38(48)32-19-28-27-12-9-10-13-30(27)52-31-15-14-26(42)18-29(31)35(28)54-32/h9-10,12-15,18-19,22-25,33-34,36-37,45-47,50-51H,8,11,16-17,20-21H2,1-7H3,(H,43,48)/t22-,23+,24-,25-,33-,34+,36-,37-,40-,41-/m1/s1. The fourth-order valence-electron chi connectivity index (χ4n) is 7.98. The lowest BCUT2D eigenvalue weighted by atomic mass is 9.78. The molecule has 296 valence electrons. The quantitative estimate of drug-likeness (QED) is 0.103. The van der Waals surface area contributed by atoms with Gasteiger partial charge in [-0.1, -0.05) is 50.6 Å². The summed E-state index contributed by atoms with van der Waals surface area (Å²) in [7, 11) is 0. The number of rotatable bonds is 6. The molecule has 0 radical (unpaired) electrons. The molecule has 13 heteroatoms. The number of fused-ring (bicyclic) bond motifs is 5. The summed E-state index contributed by atoms with van der Waals surface area (Å²) in [6.45, 7) is 12.5. The van der Waals surface area contributed by atoms with Crippen LogP contribution in [0.15, 0.2) is 48.5 Å². The van der Waals surface area contributed by atoms with Crippen molar-refractivity contribution in [3.8, 4) is 33.1 Å². The van der Waals surface area contributed by atoms with Crippen molar-refractivity contribution in [3.05, 3.63) is 58.4 Å². The molecule has 2 aliphatic rings. The number of halogens is 1. The van der Waals surface area contributed by atoms with Crippen LogP contribution >= 0.6 is 22.9 Å². The molecule has 54 heavy (non-hydrogen) atoms. The number of ether oxygens (including phenoxy) is 2. The Morgan fingerprint density at radius 3 is 2.37 bits per heavy atom. The predicted molar refractivity (Wildman–Crippen MR) is 210 cm³/mol. The van der Waals surface area contributed by atoms with E-state index >= 15 is 0 Å². The first-order valence-corrected chi connectivity index (χ1v) is 20.0. The zero-order chi connectivity index (χ0) is 39.7. The second-order valence-corrected chi connectivity index (χ2v) is 17.2. The van der Waals surface area contributed by atoms with Gasteiger partial charge in [-0.3, -0.25) is 14.5 Å². The topological polar surface area (TPSA) is 169 Å². The number of hydrogen-bond donors (Lipinski definition) is 6. The van der Waals surface area contributed by atoms with E-state index in [1.54, 1.807) is 26.8 Å². The highest BCUT2D eigenvalue weighted by molar-refractivity contribution is 7.18. The lowest BCUT2D eigenvalue weighted by Gasteiger charge is -2.43. The number of aliphatic hydroxyl groups is 5. The lowest BCUT2D eigenvalue weighted by molar-refractivity contribution is -0.193. The van der Waals surface area contributed by atoms with E-state index in [0.717, 1.165) is 21.6 Å². The zero-order valence-corrected chi connectivity index (χ0v) is 33.7. The van der Waals surface area contributed by atoms with Crippen LogP contribution in [0, 0.1) is 17.8 Å². The number of nitrogens with zero attached hydrogens (tertiary/aromatic N) is 1. The zero-order valence-electron chi connectivity index (χ0n) is 32.1. The van der Waals surface area contributed by atoms with Crippen molar-refractivity contribution in [1.82, 2.24) is 10.2 Å². The number of para-hydroxylation sites is 1. The molecule has 3 heterocycles. The summed E-state index contributed by atoms with van der Waals surface area (Å²) >= 11 is 7.74. The molecule has 0 unspecified atom stereocenters.